The predicted molar refractivity (Wildman–Crippen MR) is 38.7 cm³/mol. The van der Waals surface area contributed by atoms with Crippen LogP contribution in [0.5, 0.6) is 0 Å². The Labute approximate surface area is 61.4 Å². The fourth-order valence-corrected chi connectivity index (χ4v) is 4.16. The zero-order valence-electron chi connectivity index (χ0n) is 6.16. The molecule has 0 aromatic carbocycles. The lowest BCUT2D eigenvalue weighted by Crippen LogP contribution is -2.36. The maximum absolute atomic E-state index is 2.81. The van der Waals surface area contributed by atoms with E-state index in [1.54, 1.807) is 25.7 Å². The van der Waals surface area contributed by atoms with Gasteiger partial charge in [-0.3, -0.25) is 4.90 Å². The average Bonchev–Trinajstić information content (AvgIpc) is 2.55. The first kappa shape index (κ1) is 4.76. The highest BCUT2D eigenvalue weighted by atomic mass is 15.4. The highest BCUT2D eigenvalue weighted by Crippen LogP contribution is 2.61. The number of rotatable bonds is 0. The molecule has 6 atom stereocenters. The van der Waals surface area contributed by atoms with Crippen LogP contribution in [-0.4, -0.2) is 23.0 Å². The van der Waals surface area contributed by atoms with Crippen LogP contribution in [0.4, 0.5) is 0 Å². The second kappa shape index (κ2) is 1.18. The van der Waals surface area contributed by atoms with Crippen LogP contribution in [0, 0.1) is 11.8 Å². The van der Waals surface area contributed by atoms with Gasteiger partial charge in [-0.15, -0.1) is 0 Å². The molecule has 54 valence electrons. The number of hydrogen-bond acceptors (Lipinski definition) is 1. The maximum atomic E-state index is 2.81. The second-order valence-corrected chi connectivity index (χ2v) is 4.73. The van der Waals surface area contributed by atoms with E-state index in [1.807, 2.05) is 0 Å². The molecule has 10 heavy (non-hydrogen) atoms. The highest BCUT2D eigenvalue weighted by Gasteiger charge is 2.66. The zero-order chi connectivity index (χ0) is 6.29. The molecule has 5 fully saturated rings. The fourth-order valence-electron chi connectivity index (χ4n) is 4.16. The van der Waals surface area contributed by atoms with E-state index in [0.29, 0.717) is 0 Å². The van der Waals surface area contributed by atoms with Gasteiger partial charge in [0.25, 0.3) is 0 Å². The van der Waals surface area contributed by atoms with Gasteiger partial charge in [0.1, 0.15) is 0 Å². The first-order valence-electron chi connectivity index (χ1n) is 4.71. The Bertz CT molecular complexity index is 179. The molecule has 3 heterocycles. The topological polar surface area (TPSA) is 3.01 Å². The third kappa shape index (κ3) is 0.334. The van der Waals surface area contributed by atoms with Gasteiger partial charge in [-0.1, -0.05) is 0 Å². The molecular weight excluding hydrogens is 122 g/mol. The molecule has 3 saturated heterocycles. The van der Waals surface area contributed by atoms with Crippen molar-refractivity contribution in [3.8, 4) is 0 Å². The van der Waals surface area contributed by atoms with Gasteiger partial charge in [-0.25, -0.2) is 0 Å². The van der Waals surface area contributed by atoms with Gasteiger partial charge < -0.3 is 0 Å². The molecule has 0 spiro atoms. The van der Waals surface area contributed by atoms with Gasteiger partial charge in [0.2, 0.25) is 0 Å². The standard InChI is InChI=1S/C9H13N/c1-5-2-7-4-6(1)9-8(3-5)10(7)9/h5-9H,1-4H2. The Hall–Kier alpha value is -0.0400. The molecule has 0 radical (unpaired) electrons. The summed E-state index contributed by atoms with van der Waals surface area (Å²) in [4.78, 5) is 2.81. The smallest absolute Gasteiger partial charge is 0.0287 e. The lowest BCUT2D eigenvalue weighted by atomic mass is 9.71. The van der Waals surface area contributed by atoms with Gasteiger partial charge in [0.05, 0.1) is 0 Å². The van der Waals surface area contributed by atoms with Gasteiger partial charge in [-0.2, -0.15) is 0 Å². The van der Waals surface area contributed by atoms with E-state index in [2.05, 4.69) is 4.90 Å². The summed E-state index contributed by atoms with van der Waals surface area (Å²) in [5.74, 6) is 2.31. The van der Waals surface area contributed by atoms with Crippen molar-refractivity contribution in [3.63, 3.8) is 0 Å². The molecule has 1 nitrogen and oxygen atoms in total. The molecular formula is C9H13N. The van der Waals surface area contributed by atoms with Crippen LogP contribution in [0.1, 0.15) is 25.7 Å². The maximum Gasteiger partial charge on any atom is 0.0287 e. The lowest BCUT2D eigenvalue weighted by Gasteiger charge is -2.37. The first-order valence-corrected chi connectivity index (χ1v) is 4.71. The molecule has 5 aliphatic rings. The Morgan fingerprint density at radius 1 is 1.00 bits per heavy atom. The van der Waals surface area contributed by atoms with Crippen LogP contribution in [0.2, 0.25) is 0 Å². The molecule has 2 saturated carbocycles. The van der Waals surface area contributed by atoms with Crippen molar-refractivity contribution in [2.45, 2.75) is 43.8 Å². The van der Waals surface area contributed by atoms with E-state index in [-0.39, 0.29) is 0 Å². The van der Waals surface area contributed by atoms with Crippen molar-refractivity contribution in [1.82, 2.24) is 4.90 Å². The molecule has 3 aliphatic heterocycles. The average molecular weight is 135 g/mol. The van der Waals surface area contributed by atoms with E-state index in [4.69, 9.17) is 0 Å². The summed E-state index contributed by atoms with van der Waals surface area (Å²) >= 11 is 0. The molecule has 0 aromatic rings. The Kier molecular flexibility index (Phi) is 0.560. The summed E-state index contributed by atoms with van der Waals surface area (Å²) in [5.41, 5.74) is 0. The SMILES string of the molecule is C1C2CC3CC1C1C(C2)N31. The Balaban J connectivity index is 1.88. The molecule has 2 aliphatic carbocycles. The van der Waals surface area contributed by atoms with Crippen molar-refractivity contribution < 1.29 is 0 Å². The zero-order valence-corrected chi connectivity index (χ0v) is 6.16. The van der Waals surface area contributed by atoms with Crippen LogP contribution in [0.15, 0.2) is 0 Å². The second-order valence-electron chi connectivity index (χ2n) is 4.73. The number of nitrogens with zero attached hydrogens (tertiary/aromatic N) is 1. The van der Waals surface area contributed by atoms with Crippen molar-refractivity contribution in [3.05, 3.63) is 0 Å². The van der Waals surface area contributed by atoms with Crippen molar-refractivity contribution >= 4 is 0 Å². The van der Waals surface area contributed by atoms with Gasteiger partial charge in [-0.05, 0) is 37.5 Å². The number of piperidine rings is 2. The minimum absolute atomic E-state index is 1.06. The minimum atomic E-state index is 1.06. The van der Waals surface area contributed by atoms with Crippen LogP contribution in [-0.2, 0) is 0 Å². The summed E-state index contributed by atoms with van der Waals surface area (Å²) in [7, 11) is 0. The lowest BCUT2D eigenvalue weighted by molar-refractivity contribution is 0.161. The van der Waals surface area contributed by atoms with Crippen molar-refractivity contribution in [2.24, 2.45) is 11.8 Å². The molecule has 5 rings (SSSR count). The van der Waals surface area contributed by atoms with Crippen LogP contribution >= 0.6 is 0 Å². The monoisotopic (exact) mass is 135 g/mol. The van der Waals surface area contributed by atoms with E-state index in [0.717, 1.165) is 30.0 Å². The molecule has 1 heteroatoms. The van der Waals surface area contributed by atoms with Gasteiger partial charge >= 0.3 is 0 Å². The van der Waals surface area contributed by atoms with Gasteiger partial charge in [0.15, 0.2) is 0 Å². The Morgan fingerprint density at radius 3 is 2.80 bits per heavy atom. The van der Waals surface area contributed by atoms with Crippen LogP contribution < -0.4 is 0 Å². The van der Waals surface area contributed by atoms with Gasteiger partial charge in [0, 0.05) is 18.1 Å². The van der Waals surface area contributed by atoms with E-state index in [1.165, 1.54) is 0 Å². The molecule has 0 N–H and O–H groups in total. The molecule has 0 amide bonds. The van der Waals surface area contributed by atoms with E-state index in [9.17, 15) is 0 Å². The van der Waals surface area contributed by atoms with Crippen LogP contribution in [0.3, 0.4) is 0 Å². The van der Waals surface area contributed by atoms with E-state index >= 15 is 0 Å². The first-order chi connectivity index (χ1) is 4.93. The quantitative estimate of drug-likeness (QED) is 0.452. The van der Waals surface area contributed by atoms with Crippen molar-refractivity contribution in [2.75, 3.05) is 0 Å². The third-order valence-corrected chi connectivity index (χ3v) is 4.33. The van der Waals surface area contributed by atoms with Crippen molar-refractivity contribution in [1.29, 1.82) is 0 Å². The summed E-state index contributed by atoms with van der Waals surface area (Å²) < 4.78 is 0. The normalized spacial score (nSPS) is 74.4. The molecule has 0 aromatic heterocycles. The van der Waals surface area contributed by atoms with E-state index < -0.39 is 0 Å². The summed E-state index contributed by atoms with van der Waals surface area (Å²) in [6.45, 7) is 0. The summed E-state index contributed by atoms with van der Waals surface area (Å²) in [5, 5.41) is 0. The largest absolute Gasteiger partial charge is 0.291 e. The van der Waals surface area contributed by atoms with Crippen LogP contribution in [0.25, 0.3) is 0 Å². The summed E-state index contributed by atoms with van der Waals surface area (Å²) in [6, 6.07) is 3.26. The summed E-state index contributed by atoms with van der Waals surface area (Å²) in [6.07, 6.45) is 6.28. The fraction of sp³-hybridized carbons (Fsp3) is 1.00. The molecule has 4 bridgehead atoms. The Morgan fingerprint density at radius 2 is 2.00 bits per heavy atom. The third-order valence-electron chi connectivity index (χ3n) is 4.33. The minimum Gasteiger partial charge on any atom is -0.291 e. The number of hydrogen-bond donors (Lipinski definition) is 0. The molecule has 6 unspecified atom stereocenters. The predicted octanol–water partition coefficient (Wildman–Crippen LogP) is 1.24. The highest BCUT2D eigenvalue weighted by molar-refractivity contribution is 5.21.